The van der Waals surface area contributed by atoms with Gasteiger partial charge in [-0.05, 0) is 57.9 Å². The van der Waals surface area contributed by atoms with Gasteiger partial charge in [-0.2, -0.15) is 0 Å². The van der Waals surface area contributed by atoms with Gasteiger partial charge in [0.15, 0.2) is 0 Å². The fourth-order valence-corrected chi connectivity index (χ4v) is 2.91. The number of esters is 1. The molecule has 0 aliphatic heterocycles. The molecular weight excluding hydrogens is 366 g/mol. The minimum absolute atomic E-state index is 0.172. The summed E-state index contributed by atoms with van der Waals surface area (Å²) >= 11 is 0. The smallest absolute Gasteiger partial charge is 0.410 e. The predicted octanol–water partition coefficient (Wildman–Crippen LogP) is 5.74. The molecule has 0 unspecified atom stereocenters. The van der Waals surface area contributed by atoms with Crippen molar-refractivity contribution in [3.05, 3.63) is 48.6 Å². The fraction of sp³-hybridized carbons (Fsp3) is 0.583. The predicted molar refractivity (Wildman–Crippen MR) is 116 cm³/mol. The Kier molecular flexibility index (Phi) is 10.5. The summed E-state index contributed by atoms with van der Waals surface area (Å²) in [5, 5.41) is 0. The normalized spacial score (nSPS) is 12.3. The van der Waals surface area contributed by atoms with Gasteiger partial charge in [-0.1, -0.05) is 50.3 Å². The topological polar surface area (TPSA) is 55.8 Å². The van der Waals surface area contributed by atoms with Gasteiger partial charge in [-0.15, -0.1) is 6.58 Å². The van der Waals surface area contributed by atoms with E-state index in [4.69, 9.17) is 9.47 Å². The van der Waals surface area contributed by atoms with Crippen LogP contribution in [-0.4, -0.2) is 35.2 Å². The van der Waals surface area contributed by atoms with Crippen molar-refractivity contribution in [2.75, 3.05) is 6.54 Å². The second-order valence-electron chi connectivity index (χ2n) is 8.70. The molecule has 5 nitrogen and oxygen atoms in total. The number of nitrogens with zero attached hydrogens (tertiary/aromatic N) is 1. The lowest BCUT2D eigenvalue weighted by molar-refractivity contribution is -0.161. The van der Waals surface area contributed by atoms with Crippen LogP contribution in [0.15, 0.2) is 43.0 Å². The van der Waals surface area contributed by atoms with Crippen LogP contribution >= 0.6 is 0 Å². The van der Waals surface area contributed by atoms with Crippen molar-refractivity contribution in [2.45, 2.75) is 78.6 Å². The number of unbranched alkanes of at least 4 members (excludes halogenated alkanes) is 2. The maximum atomic E-state index is 12.9. The summed E-state index contributed by atoms with van der Waals surface area (Å²) in [6.45, 7) is 13.9. The number of hydrogen-bond donors (Lipinski definition) is 0. The van der Waals surface area contributed by atoms with Gasteiger partial charge < -0.3 is 9.47 Å². The molecule has 0 bridgehead atoms. The third-order valence-corrected chi connectivity index (χ3v) is 4.25. The summed E-state index contributed by atoms with van der Waals surface area (Å²) in [5.74, 6) is -0.156. The number of carbonyl (C=O) groups is 2. The van der Waals surface area contributed by atoms with Crippen LogP contribution in [-0.2, 0) is 20.9 Å². The molecular formula is C24H37NO4. The van der Waals surface area contributed by atoms with Crippen LogP contribution < -0.4 is 0 Å². The van der Waals surface area contributed by atoms with Crippen LogP contribution in [0.25, 0.3) is 0 Å². The lowest BCUT2D eigenvalue weighted by atomic mass is 10.0. The third kappa shape index (κ3) is 10.2. The first-order valence-electron chi connectivity index (χ1n) is 10.4. The second kappa shape index (κ2) is 12.3. The molecule has 0 saturated heterocycles. The van der Waals surface area contributed by atoms with Crippen LogP contribution in [0.3, 0.4) is 0 Å². The van der Waals surface area contributed by atoms with Crippen LogP contribution in [0, 0.1) is 5.92 Å². The Bertz CT molecular complexity index is 634. The van der Waals surface area contributed by atoms with Gasteiger partial charge in [0.25, 0.3) is 0 Å². The lowest BCUT2D eigenvalue weighted by Crippen LogP contribution is -2.48. The molecule has 0 radical (unpaired) electrons. The first-order valence-corrected chi connectivity index (χ1v) is 10.4. The van der Waals surface area contributed by atoms with E-state index in [0.29, 0.717) is 13.0 Å². The molecule has 29 heavy (non-hydrogen) atoms. The van der Waals surface area contributed by atoms with Crippen molar-refractivity contribution in [1.29, 1.82) is 0 Å². The first kappa shape index (κ1) is 24.7. The Morgan fingerprint density at radius 2 is 1.79 bits per heavy atom. The number of allylic oxidation sites excluding steroid dienone is 1. The maximum Gasteiger partial charge on any atom is 0.410 e. The van der Waals surface area contributed by atoms with E-state index in [1.807, 2.05) is 71.0 Å². The molecule has 162 valence electrons. The van der Waals surface area contributed by atoms with Crippen molar-refractivity contribution < 1.29 is 19.1 Å². The van der Waals surface area contributed by atoms with Crippen LogP contribution in [0.1, 0.15) is 65.9 Å². The average molecular weight is 404 g/mol. The highest BCUT2D eigenvalue weighted by Crippen LogP contribution is 2.20. The van der Waals surface area contributed by atoms with E-state index >= 15 is 0 Å². The highest BCUT2D eigenvalue weighted by atomic mass is 16.6. The molecule has 0 spiro atoms. The zero-order chi connectivity index (χ0) is 21.9. The standard InChI is InChI=1S/C24H37NO4/c1-7-8-9-13-16-25(23(27)28-18-20-14-11-10-12-15-20)21(17-19(2)3)22(26)29-24(4,5)6/h7,10-12,14-15,19,21H,1,8-9,13,16-18H2,2-6H3/t21-/m0/s1. The van der Waals surface area contributed by atoms with E-state index < -0.39 is 17.7 Å². The minimum atomic E-state index is -0.666. The van der Waals surface area contributed by atoms with E-state index in [1.54, 1.807) is 4.90 Å². The number of amides is 1. The summed E-state index contributed by atoms with van der Waals surface area (Å²) in [5.41, 5.74) is 0.291. The van der Waals surface area contributed by atoms with E-state index in [9.17, 15) is 9.59 Å². The number of benzene rings is 1. The molecule has 0 aromatic heterocycles. The molecule has 1 atom stereocenters. The van der Waals surface area contributed by atoms with Crippen molar-refractivity contribution in [3.63, 3.8) is 0 Å². The van der Waals surface area contributed by atoms with E-state index in [2.05, 4.69) is 6.58 Å². The minimum Gasteiger partial charge on any atom is -0.458 e. The highest BCUT2D eigenvalue weighted by Gasteiger charge is 2.34. The molecule has 1 amide bonds. The summed E-state index contributed by atoms with van der Waals surface area (Å²) < 4.78 is 11.2. The maximum absolute atomic E-state index is 12.9. The largest absolute Gasteiger partial charge is 0.458 e. The summed E-state index contributed by atoms with van der Waals surface area (Å²) in [6.07, 6.45) is 4.44. The van der Waals surface area contributed by atoms with Crippen molar-refractivity contribution in [3.8, 4) is 0 Å². The molecule has 0 aliphatic rings. The third-order valence-electron chi connectivity index (χ3n) is 4.25. The Morgan fingerprint density at radius 3 is 2.34 bits per heavy atom. The molecule has 0 aliphatic carbocycles. The van der Waals surface area contributed by atoms with Crippen molar-refractivity contribution in [2.24, 2.45) is 5.92 Å². The number of hydrogen-bond acceptors (Lipinski definition) is 4. The van der Waals surface area contributed by atoms with Gasteiger partial charge in [0.05, 0.1) is 0 Å². The molecule has 5 heteroatoms. The summed E-state index contributed by atoms with van der Waals surface area (Å²) in [6, 6.07) is 8.86. The van der Waals surface area contributed by atoms with Gasteiger partial charge in [-0.25, -0.2) is 9.59 Å². The van der Waals surface area contributed by atoms with Gasteiger partial charge in [-0.3, -0.25) is 4.90 Å². The molecule has 1 aromatic carbocycles. The SMILES string of the molecule is C=CCCCCN(C(=O)OCc1ccccc1)[C@@H](CC(C)C)C(=O)OC(C)(C)C. The summed E-state index contributed by atoms with van der Waals surface area (Å²) in [7, 11) is 0. The van der Waals surface area contributed by atoms with Crippen LogP contribution in [0.2, 0.25) is 0 Å². The van der Waals surface area contributed by atoms with Gasteiger partial charge in [0.2, 0.25) is 0 Å². The zero-order valence-corrected chi connectivity index (χ0v) is 18.6. The average Bonchev–Trinajstić information content (AvgIpc) is 2.64. The van der Waals surface area contributed by atoms with Gasteiger partial charge >= 0.3 is 12.1 Å². The molecule has 0 fully saturated rings. The number of rotatable bonds is 11. The number of carbonyl (C=O) groups excluding carboxylic acids is 2. The Labute approximate surface area is 176 Å². The van der Waals surface area contributed by atoms with Crippen molar-refractivity contribution in [1.82, 2.24) is 4.90 Å². The second-order valence-corrected chi connectivity index (χ2v) is 8.70. The van der Waals surface area contributed by atoms with Gasteiger partial charge in [0.1, 0.15) is 18.2 Å². The molecule has 1 aromatic rings. The van der Waals surface area contributed by atoms with Crippen LogP contribution in [0.4, 0.5) is 4.79 Å². The Balaban J connectivity index is 2.96. The highest BCUT2D eigenvalue weighted by molar-refractivity contribution is 5.81. The zero-order valence-electron chi connectivity index (χ0n) is 18.6. The number of ether oxygens (including phenoxy) is 2. The van der Waals surface area contributed by atoms with Crippen molar-refractivity contribution >= 4 is 12.1 Å². The van der Waals surface area contributed by atoms with E-state index in [0.717, 1.165) is 24.8 Å². The Morgan fingerprint density at radius 1 is 1.14 bits per heavy atom. The van der Waals surface area contributed by atoms with E-state index in [-0.39, 0.29) is 18.5 Å². The molecule has 0 N–H and O–H groups in total. The molecule has 0 heterocycles. The van der Waals surface area contributed by atoms with Crippen LogP contribution in [0.5, 0.6) is 0 Å². The molecule has 0 saturated carbocycles. The Hall–Kier alpha value is -2.30. The molecule has 1 rings (SSSR count). The summed E-state index contributed by atoms with van der Waals surface area (Å²) in [4.78, 5) is 27.4. The van der Waals surface area contributed by atoms with E-state index in [1.165, 1.54) is 0 Å². The first-order chi connectivity index (χ1) is 13.6. The monoisotopic (exact) mass is 403 g/mol. The fourth-order valence-electron chi connectivity index (χ4n) is 2.91. The van der Waals surface area contributed by atoms with Gasteiger partial charge in [0, 0.05) is 6.54 Å². The quantitative estimate of drug-likeness (QED) is 0.269. The lowest BCUT2D eigenvalue weighted by Gasteiger charge is -2.33.